The van der Waals surface area contributed by atoms with Crippen LogP contribution in [0.2, 0.25) is 0 Å². The lowest BCUT2D eigenvalue weighted by Crippen LogP contribution is -2.34. The molecule has 2 unspecified atom stereocenters. The lowest BCUT2D eigenvalue weighted by molar-refractivity contribution is -0.385. The summed E-state index contributed by atoms with van der Waals surface area (Å²) in [5.74, 6) is 1.87. The number of hydrogen-bond acceptors (Lipinski definition) is 3. The van der Waals surface area contributed by atoms with E-state index in [1.165, 1.54) is 38.5 Å². The second-order valence-electron chi connectivity index (χ2n) is 6.23. The number of nitro groups is 1. The molecule has 0 saturated heterocycles. The Bertz CT molecular complexity index is 485. The number of hydrogen-bond donors (Lipinski definition) is 1. The van der Waals surface area contributed by atoms with Gasteiger partial charge in [-0.25, -0.2) is 0 Å². The summed E-state index contributed by atoms with van der Waals surface area (Å²) in [7, 11) is 0. The maximum atomic E-state index is 11.0. The minimum Gasteiger partial charge on any atom is -0.310 e. The lowest BCUT2D eigenvalue weighted by Gasteiger charge is -2.30. The molecule has 0 amide bonds. The van der Waals surface area contributed by atoms with E-state index in [-0.39, 0.29) is 10.6 Å². The SMILES string of the molecule is O=[N+]([O-])c1ccccc1CNC1CCCC(C2CC2)C1. The van der Waals surface area contributed by atoms with Gasteiger partial charge in [0.2, 0.25) is 0 Å². The molecule has 2 fully saturated rings. The zero-order chi connectivity index (χ0) is 13.9. The van der Waals surface area contributed by atoms with Gasteiger partial charge < -0.3 is 5.32 Å². The molecule has 0 bridgehead atoms. The van der Waals surface area contributed by atoms with Gasteiger partial charge in [-0.3, -0.25) is 10.1 Å². The van der Waals surface area contributed by atoms with Crippen molar-refractivity contribution >= 4 is 5.69 Å². The van der Waals surface area contributed by atoms with E-state index in [1.54, 1.807) is 12.1 Å². The average molecular weight is 274 g/mol. The number of benzene rings is 1. The molecule has 4 heteroatoms. The molecule has 2 aliphatic rings. The molecule has 2 saturated carbocycles. The summed E-state index contributed by atoms with van der Waals surface area (Å²) in [6.45, 7) is 0.610. The predicted octanol–water partition coefficient (Wildman–Crippen LogP) is 3.65. The van der Waals surface area contributed by atoms with Crippen LogP contribution < -0.4 is 5.32 Å². The van der Waals surface area contributed by atoms with Crippen LogP contribution in [-0.2, 0) is 6.54 Å². The van der Waals surface area contributed by atoms with Gasteiger partial charge in [-0.05, 0) is 37.5 Å². The molecule has 2 aliphatic carbocycles. The zero-order valence-corrected chi connectivity index (χ0v) is 11.8. The number of nitrogens with zero attached hydrogens (tertiary/aromatic N) is 1. The monoisotopic (exact) mass is 274 g/mol. The highest BCUT2D eigenvalue weighted by Crippen LogP contribution is 2.43. The molecule has 20 heavy (non-hydrogen) atoms. The van der Waals surface area contributed by atoms with Gasteiger partial charge in [0.1, 0.15) is 0 Å². The van der Waals surface area contributed by atoms with E-state index in [9.17, 15) is 10.1 Å². The van der Waals surface area contributed by atoms with E-state index in [0.29, 0.717) is 12.6 Å². The molecule has 0 aliphatic heterocycles. The van der Waals surface area contributed by atoms with Crippen LogP contribution >= 0.6 is 0 Å². The van der Waals surface area contributed by atoms with Gasteiger partial charge in [-0.15, -0.1) is 0 Å². The first-order valence-corrected chi connectivity index (χ1v) is 7.69. The molecular formula is C16H22N2O2. The molecule has 1 N–H and O–H groups in total. The largest absolute Gasteiger partial charge is 0.310 e. The summed E-state index contributed by atoms with van der Waals surface area (Å²) in [5, 5.41) is 14.5. The summed E-state index contributed by atoms with van der Waals surface area (Å²) in [6.07, 6.45) is 7.99. The van der Waals surface area contributed by atoms with Crippen molar-refractivity contribution in [1.82, 2.24) is 5.32 Å². The van der Waals surface area contributed by atoms with Crippen molar-refractivity contribution in [2.24, 2.45) is 11.8 Å². The molecule has 1 aromatic carbocycles. The highest BCUT2D eigenvalue weighted by atomic mass is 16.6. The third-order valence-electron chi connectivity index (χ3n) is 4.77. The minimum atomic E-state index is -0.287. The van der Waals surface area contributed by atoms with E-state index in [0.717, 1.165) is 17.4 Å². The molecule has 0 heterocycles. The number of para-hydroxylation sites is 1. The van der Waals surface area contributed by atoms with Crippen molar-refractivity contribution in [2.45, 2.75) is 51.1 Å². The van der Waals surface area contributed by atoms with E-state index in [1.807, 2.05) is 12.1 Å². The van der Waals surface area contributed by atoms with Crippen LogP contribution in [0.1, 0.15) is 44.1 Å². The molecule has 0 aromatic heterocycles. The summed E-state index contributed by atoms with van der Waals surface area (Å²) < 4.78 is 0. The second-order valence-corrected chi connectivity index (χ2v) is 6.23. The van der Waals surface area contributed by atoms with Crippen LogP contribution in [0.25, 0.3) is 0 Å². The summed E-state index contributed by atoms with van der Waals surface area (Å²) in [6, 6.07) is 7.58. The number of nitrogens with one attached hydrogen (secondary N) is 1. The molecule has 2 atom stereocenters. The Labute approximate surface area is 119 Å². The Kier molecular flexibility index (Phi) is 4.01. The first-order chi connectivity index (χ1) is 9.74. The third-order valence-corrected chi connectivity index (χ3v) is 4.77. The zero-order valence-electron chi connectivity index (χ0n) is 11.8. The smallest absolute Gasteiger partial charge is 0.273 e. The predicted molar refractivity (Wildman–Crippen MR) is 78.4 cm³/mol. The van der Waals surface area contributed by atoms with Crippen LogP contribution in [0, 0.1) is 22.0 Å². The van der Waals surface area contributed by atoms with Crippen LogP contribution in [0.3, 0.4) is 0 Å². The number of rotatable bonds is 5. The first-order valence-electron chi connectivity index (χ1n) is 7.69. The van der Waals surface area contributed by atoms with Crippen LogP contribution in [0.15, 0.2) is 24.3 Å². The van der Waals surface area contributed by atoms with E-state index in [2.05, 4.69) is 5.32 Å². The molecule has 3 rings (SSSR count). The number of nitro benzene ring substituents is 1. The van der Waals surface area contributed by atoms with Gasteiger partial charge in [0.15, 0.2) is 0 Å². The van der Waals surface area contributed by atoms with Gasteiger partial charge in [0, 0.05) is 24.2 Å². The summed E-state index contributed by atoms with van der Waals surface area (Å²) in [4.78, 5) is 10.7. The van der Waals surface area contributed by atoms with Crippen molar-refractivity contribution in [3.63, 3.8) is 0 Å². The van der Waals surface area contributed by atoms with Crippen molar-refractivity contribution in [2.75, 3.05) is 0 Å². The Hall–Kier alpha value is -1.42. The third kappa shape index (κ3) is 3.18. The molecule has 4 nitrogen and oxygen atoms in total. The van der Waals surface area contributed by atoms with Crippen LogP contribution in [-0.4, -0.2) is 11.0 Å². The topological polar surface area (TPSA) is 55.2 Å². The van der Waals surface area contributed by atoms with E-state index in [4.69, 9.17) is 0 Å². The fraction of sp³-hybridized carbons (Fsp3) is 0.625. The molecule has 108 valence electrons. The second kappa shape index (κ2) is 5.92. The first kappa shape index (κ1) is 13.6. The highest BCUT2D eigenvalue weighted by molar-refractivity contribution is 5.39. The van der Waals surface area contributed by atoms with Gasteiger partial charge in [-0.1, -0.05) is 31.0 Å². The van der Waals surface area contributed by atoms with E-state index >= 15 is 0 Å². The van der Waals surface area contributed by atoms with Gasteiger partial charge in [0.05, 0.1) is 4.92 Å². The van der Waals surface area contributed by atoms with Crippen molar-refractivity contribution < 1.29 is 4.92 Å². The maximum absolute atomic E-state index is 11.0. The average Bonchev–Trinajstić information content (AvgIpc) is 3.30. The Balaban J connectivity index is 1.57. The fourth-order valence-electron chi connectivity index (χ4n) is 3.50. The quantitative estimate of drug-likeness (QED) is 0.658. The standard InChI is InChI=1S/C16H22N2O2/c19-18(20)16-7-2-1-4-14(16)11-17-15-6-3-5-13(10-15)12-8-9-12/h1-2,4,7,12-13,15,17H,3,5-6,8-11H2. The van der Waals surface area contributed by atoms with Gasteiger partial charge >= 0.3 is 0 Å². The summed E-state index contributed by atoms with van der Waals surface area (Å²) >= 11 is 0. The Morgan fingerprint density at radius 2 is 1.95 bits per heavy atom. The van der Waals surface area contributed by atoms with Crippen LogP contribution in [0.5, 0.6) is 0 Å². The molecule has 0 radical (unpaired) electrons. The maximum Gasteiger partial charge on any atom is 0.273 e. The normalized spacial score (nSPS) is 26.4. The van der Waals surface area contributed by atoms with Crippen molar-refractivity contribution in [1.29, 1.82) is 0 Å². The fourth-order valence-corrected chi connectivity index (χ4v) is 3.50. The Morgan fingerprint density at radius 1 is 1.15 bits per heavy atom. The van der Waals surface area contributed by atoms with Gasteiger partial charge in [0.25, 0.3) is 5.69 Å². The van der Waals surface area contributed by atoms with Gasteiger partial charge in [-0.2, -0.15) is 0 Å². The van der Waals surface area contributed by atoms with E-state index < -0.39 is 0 Å². The molecule has 1 aromatic rings. The van der Waals surface area contributed by atoms with Crippen molar-refractivity contribution in [3.05, 3.63) is 39.9 Å². The highest BCUT2D eigenvalue weighted by Gasteiger charge is 2.34. The Morgan fingerprint density at radius 3 is 2.70 bits per heavy atom. The molecular weight excluding hydrogens is 252 g/mol. The summed E-state index contributed by atoms with van der Waals surface area (Å²) in [5.41, 5.74) is 1.03. The lowest BCUT2D eigenvalue weighted by atomic mass is 9.82. The molecule has 0 spiro atoms. The van der Waals surface area contributed by atoms with Crippen molar-refractivity contribution in [3.8, 4) is 0 Å². The van der Waals surface area contributed by atoms with Crippen LogP contribution in [0.4, 0.5) is 5.69 Å². The minimum absolute atomic E-state index is 0.231.